The summed E-state index contributed by atoms with van der Waals surface area (Å²) in [4.78, 5) is 13.9. The summed E-state index contributed by atoms with van der Waals surface area (Å²) in [5, 5.41) is 23.5. The van der Waals surface area contributed by atoms with Crippen molar-refractivity contribution in [2.45, 2.75) is 44.4 Å². The van der Waals surface area contributed by atoms with Gasteiger partial charge in [-0.2, -0.15) is 0 Å². The van der Waals surface area contributed by atoms with Crippen molar-refractivity contribution < 1.29 is 15.0 Å². The molecule has 0 heterocycles. The van der Waals surface area contributed by atoms with E-state index in [1.807, 2.05) is 0 Å². The molecule has 5 N–H and O–H groups in total. The van der Waals surface area contributed by atoms with Crippen molar-refractivity contribution >= 4 is 5.91 Å². The highest BCUT2D eigenvalue weighted by Crippen LogP contribution is 2.00. The fourth-order valence-corrected chi connectivity index (χ4v) is 1.33. The van der Waals surface area contributed by atoms with Gasteiger partial charge < -0.3 is 21.3 Å². The normalized spacial score (nSPS) is 12.0. The summed E-state index contributed by atoms with van der Waals surface area (Å²) < 4.78 is 0. The van der Waals surface area contributed by atoms with Crippen LogP contribution in [0.1, 0.15) is 32.1 Å². The molecule has 0 fully saturated rings. The first kappa shape index (κ1) is 16.7. The molecule has 0 aromatic rings. The number of azide groups is 1. The van der Waals surface area contributed by atoms with Crippen molar-refractivity contribution in [2.75, 3.05) is 13.1 Å². The van der Waals surface area contributed by atoms with Crippen LogP contribution < -0.4 is 11.1 Å². The maximum atomic E-state index is 11.3. The van der Waals surface area contributed by atoms with E-state index in [-0.39, 0.29) is 5.91 Å². The standard InChI is InChI=1S/C10H21N5O3/c11-8(10(17)18)4-1-2-6-13-9(16)5-3-7-14-15-12/h8,10,17-18H,1-7,11H2,(H,13,16)/t8-/m0/s1. The molecule has 1 amide bonds. The minimum absolute atomic E-state index is 0.0744. The molecule has 0 aliphatic rings. The maximum Gasteiger partial charge on any atom is 0.219 e. The van der Waals surface area contributed by atoms with Crippen molar-refractivity contribution in [2.24, 2.45) is 10.8 Å². The number of unbranched alkanes of at least 4 members (excludes halogenated alkanes) is 1. The Balaban J connectivity index is 3.37. The van der Waals surface area contributed by atoms with Crippen LogP contribution in [-0.2, 0) is 4.79 Å². The van der Waals surface area contributed by atoms with Gasteiger partial charge in [0.1, 0.15) is 0 Å². The summed E-state index contributed by atoms with van der Waals surface area (Å²) >= 11 is 0. The Labute approximate surface area is 106 Å². The van der Waals surface area contributed by atoms with Gasteiger partial charge in [0, 0.05) is 24.4 Å². The Morgan fingerprint density at radius 2 is 2.11 bits per heavy atom. The molecular formula is C10H21N5O3. The Hall–Kier alpha value is -1.34. The van der Waals surface area contributed by atoms with E-state index in [9.17, 15) is 4.79 Å². The number of aliphatic hydroxyl groups is 2. The second-order valence-corrected chi connectivity index (χ2v) is 3.98. The summed E-state index contributed by atoms with van der Waals surface area (Å²) in [5.41, 5.74) is 13.5. The van der Waals surface area contributed by atoms with Gasteiger partial charge in [0.15, 0.2) is 6.29 Å². The molecule has 0 spiro atoms. The summed E-state index contributed by atoms with van der Waals surface area (Å²) in [5.74, 6) is -0.0744. The Bertz CT molecular complexity index is 279. The van der Waals surface area contributed by atoms with E-state index in [1.165, 1.54) is 0 Å². The molecule has 0 unspecified atom stereocenters. The SMILES string of the molecule is [N-]=[N+]=NCCCC(=O)NCCCC[C@H](N)C(O)O. The highest BCUT2D eigenvalue weighted by molar-refractivity contribution is 5.75. The molecule has 104 valence electrons. The lowest BCUT2D eigenvalue weighted by Gasteiger charge is -2.13. The number of aliphatic hydroxyl groups excluding tert-OH is 1. The average molecular weight is 259 g/mol. The molecule has 0 aromatic heterocycles. The largest absolute Gasteiger partial charge is 0.367 e. The topological polar surface area (TPSA) is 144 Å². The maximum absolute atomic E-state index is 11.3. The first-order chi connectivity index (χ1) is 8.57. The highest BCUT2D eigenvalue weighted by Gasteiger charge is 2.09. The molecule has 0 aliphatic heterocycles. The lowest BCUT2D eigenvalue weighted by Crippen LogP contribution is -2.34. The molecule has 0 saturated carbocycles. The second-order valence-electron chi connectivity index (χ2n) is 3.98. The molecule has 8 nitrogen and oxygen atoms in total. The van der Waals surface area contributed by atoms with Crippen LogP contribution in [-0.4, -0.2) is 41.5 Å². The van der Waals surface area contributed by atoms with E-state index in [4.69, 9.17) is 21.5 Å². The van der Waals surface area contributed by atoms with Crippen LogP contribution in [0.15, 0.2) is 5.11 Å². The summed E-state index contributed by atoms with van der Waals surface area (Å²) in [6.07, 6.45) is 1.36. The van der Waals surface area contributed by atoms with Gasteiger partial charge in [0.2, 0.25) is 5.91 Å². The number of nitrogens with two attached hydrogens (primary N) is 1. The van der Waals surface area contributed by atoms with Crippen molar-refractivity contribution in [3.05, 3.63) is 10.4 Å². The Morgan fingerprint density at radius 3 is 2.72 bits per heavy atom. The quantitative estimate of drug-likeness (QED) is 0.144. The van der Waals surface area contributed by atoms with Crippen LogP contribution in [0.3, 0.4) is 0 Å². The third kappa shape index (κ3) is 9.86. The molecule has 0 aromatic carbocycles. The van der Waals surface area contributed by atoms with Crippen molar-refractivity contribution in [1.29, 1.82) is 0 Å². The first-order valence-electron chi connectivity index (χ1n) is 5.97. The predicted molar refractivity (Wildman–Crippen MR) is 66.3 cm³/mol. The van der Waals surface area contributed by atoms with Gasteiger partial charge >= 0.3 is 0 Å². The number of carbonyl (C=O) groups excluding carboxylic acids is 1. The molecule has 0 saturated heterocycles. The number of carbonyl (C=O) groups is 1. The Morgan fingerprint density at radius 1 is 1.39 bits per heavy atom. The summed E-state index contributed by atoms with van der Waals surface area (Å²) in [7, 11) is 0. The monoisotopic (exact) mass is 259 g/mol. The van der Waals surface area contributed by atoms with Gasteiger partial charge in [0.25, 0.3) is 0 Å². The fraction of sp³-hybridized carbons (Fsp3) is 0.900. The predicted octanol–water partition coefficient (Wildman–Crippen LogP) is 0.00140. The van der Waals surface area contributed by atoms with Crippen LogP contribution in [0.25, 0.3) is 10.4 Å². The first-order valence-corrected chi connectivity index (χ1v) is 5.97. The fourth-order valence-electron chi connectivity index (χ4n) is 1.33. The third-order valence-corrected chi connectivity index (χ3v) is 2.39. The van der Waals surface area contributed by atoms with Crippen LogP contribution in [0.5, 0.6) is 0 Å². The zero-order valence-corrected chi connectivity index (χ0v) is 10.3. The van der Waals surface area contributed by atoms with E-state index >= 15 is 0 Å². The smallest absolute Gasteiger partial charge is 0.219 e. The number of hydrogen-bond acceptors (Lipinski definition) is 5. The molecule has 1 atom stereocenters. The van der Waals surface area contributed by atoms with Crippen LogP contribution >= 0.6 is 0 Å². The Kier molecular flexibility index (Phi) is 9.99. The van der Waals surface area contributed by atoms with Gasteiger partial charge in [0.05, 0.1) is 6.04 Å². The van der Waals surface area contributed by atoms with Gasteiger partial charge in [-0.15, -0.1) is 0 Å². The van der Waals surface area contributed by atoms with Crippen molar-refractivity contribution in [3.63, 3.8) is 0 Å². The van der Waals surface area contributed by atoms with E-state index in [0.29, 0.717) is 32.4 Å². The van der Waals surface area contributed by atoms with Gasteiger partial charge in [-0.1, -0.05) is 5.11 Å². The molecule has 0 rings (SSSR count). The number of nitrogens with zero attached hydrogens (tertiary/aromatic N) is 3. The molecule has 0 radical (unpaired) electrons. The van der Waals surface area contributed by atoms with E-state index in [1.54, 1.807) is 0 Å². The van der Waals surface area contributed by atoms with E-state index in [0.717, 1.165) is 12.8 Å². The molecule has 0 aliphatic carbocycles. The minimum Gasteiger partial charge on any atom is -0.367 e. The lowest BCUT2D eigenvalue weighted by molar-refractivity contribution is -0.121. The van der Waals surface area contributed by atoms with Gasteiger partial charge in [-0.3, -0.25) is 4.79 Å². The van der Waals surface area contributed by atoms with Crippen LogP contribution in [0.2, 0.25) is 0 Å². The number of nitrogens with one attached hydrogen (secondary N) is 1. The van der Waals surface area contributed by atoms with Crippen LogP contribution in [0, 0.1) is 0 Å². The van der Waals surface area contributed by atoms with Crippen molar-refractivity contribution in [3.8, 4) is 0 Å². The van der Waals surface area contributed by atoms with Gasteiger partial charge in [-0.25, -0.2) is 0 Å². The van der Waals surface area contributed by atoms with Gasteiger partial charge in [-0.05, 0) is 31.2 Å². The third-order valence-electron chi connectivity index (χ3n) is 2.39. The summed E-state index contributed by atoms with van der Waals surface area (Å²) in [6, 6.07) is -0.635. The highest BCUT2D eigenvalue weighted by atomic mass is 16.5. The second kappa shape index (κ2) is 10.8. The zero-order chi connectivity index (χ0) is 13.8. The summed E-state index contributed by atoms with van der Waals surface area (Å²) in [6.45, 7) is 0.863. The van der Waals surface area contributed by atoms with E-state index in [2.05, 4.69) is 15.3 Å². The minimum atomic E-state index is -1.49. The number of rotatable bonds is 10. The van der Waals surface area contributed by atoms with Crippen molar-refractivity contribution in [1.82, 2.24) is 5.32 Å². The zero-order valence-electron chi connectivity index (χ0n) is 10.3. The van der Waals surface area contributed by atoms with E-state index < -0.39 is 12.3 Å². The molecule has 18 heavy (non-hydrogen) atoms. The molecule has 0 bridgehead atoms. The number of amides is 1. The molecule has 8 heteroatoms. The van der Waals surface area contributed by atoms with Crippen LogP contribution in [0.4, 0.5) is 0 Å². The molecular weight excluding hydrogens is 238 g/mol. The average Bonchev–Trinajstić information content (AvgIpc) is 2.33. The lowest BCUT2D eigenvalue weighted by atomic mass is 10.1. The number of hydrogen-bond donors (Lipinski definition) is 4.